The summed E-state index contributed by atoms with van der Waals surface area (Å²) in [5.74, 6) is 0.389. The third-order valence-corrected chi connectivity index (χ3v) is 2.63. The molecule has 2 rings (SSSR count). The smallest absolute Gasteiger partial charge is 0.0624 e. The normalized spacial score (nSPS) is 27.8. The van der Waals surface area contributed by atoms with E-state index in [0.29, 0.717) is 12.5 Å². The Balaban J connectivity index is 2.20. The highest BCUT2D eigenvalue weighted by Crippen LogP contribution is 2.24. The molecule has 0 radical (unpaired) electrons. The fourth-order valence-corrected chi connectivity index (χ4v) is 1.73. The highest BCUT2D eigenvalue weighted by Gasteiger charge is 2.25. The first-order chi connectivity index (χ1) is 6.27. The molecule has 1 aromatic carbocycles. The van der Waals surface area contributed by atoms with E-state index in [-0.39, 0.29) is 6.04 Å². The lowest BCUT2D eigenvalue weighted by molar-refractivity contribution is 0.191. The van der Waals surface area contributed by atoms with Gasteiger partial charge >= 0.3 is 0 Å². The predicted molar refractivity (Wildman–Crippen MR) is 52.7 cm³/mol. The first kappa shape index (κ1) is 8.73. The van der Waals surface area contributed by atoms with Crippen LogP contribution in [0.5, 0.6) is 0 Å². The molecule has 1 fully saturated rings. The van der Waals surface area contributed by atoms with Crippen LogP contribution < -0.4 is 5.73 Å². The van der Waals surface area contributed by atoms with Gasteiger partial charge in [0.2, 0.25) is 0 Å². The lowest BCUT2D eigenvalue weighted by Crippen LogP contribution is -2.26. The minimum atomic E-state index is 0.169. The molecule has 0 aromatic heterocycles. The van der Waals surface area contributed by atoms with Gasteiger partial charge in [-0.15, -0.1) is 0 Å². The molecule has 1 aromatic rings. The van der Waals surface area contributed by atoms with E-state index in [2.05, 4.69) is 31.2 Å². The Morgan fingerprint density at radius 3 is 2.46 bits per heavy atom. The van der Waals surface area contributed by atoms with Crippen LogP contribution in [0.2, 0.25) is 0 Å². The fraction of sp³-hybridized carbons (Fsp3) is 0.455. The zero-order valence-corrected chi connectivity index (χ0v) is 7.86. The molecule has 1 saturated heterocycles. The summed E-state index contributed by atoms with van der Waals surface area (Å²) < 4.78 is 5.33. The third-order valence-electron chi connectivity index (χ3n) is 2.63. The number of nitrogens with two attached hydrogens (primary N) is 1. The van der Waals surface area contributed by atoms with Crippen molar-refractivity contribution in [3.63, 3.8) is 0 Å². The van der Waals surface area contributed by atoms with Crippen LogP contribution in [0.15, 0.2) is 24.3 Å². The van der Waals surface area contributed by atoms with Crippen molar-refractivity contribution in [2.75, 3.05) is 13.2 Å². The molecular formula is C11H15NO. The molecule has 2 nitrogen and oxygen atoms in total. The highest BCUT2D eigenvalue weighted by atomic mass is 16.5. The van der Waals surface area contributed by atoms with Gasteiger partial charge in [0, 0.05) is 12.0 Å². The summed E-state index contributed by atoms with van der Waals surface area (Å²) in [4.78, 5) is 0. The molecule has 2 unspecified atom stereocenters. The Bertz CT molecular complexity index is 281. The summed E-state index contributed by atoms with van der Waals surface area (Å²) >= 11 is 0. The Morgan fingerprint density at radius 1 is 1.23 bits per heavy atom. The molecular weight excluding hydrogens is 162 g/mol. The van der Waals surface area contributed by atoms with Gasteiger partial charge in [-0.1, -0.05) is 29.8 Å². The van der Waals surface area contributed by atoms with E-state index in [1.54, 1.807) is 0 Å². The number of rotatable bonds is 1. The summed E-state index contributed by atoms with van der Waals surface area (Å²) in [5, 5.41) is 0. The number of ether oxygens (including phenoxy) is 1. The molecule has 0 aliphatic carbocycles. The van der Waals surface area contributed by atoms with Crippen LogP contribution in [-0.2, 0) is 4.74 Å². The van der Waals surface area contributed by atoms with Gasteiger partial charge in [0.25, 0.3) is 0 Å². The number of hydrogen-bond donors (Lipinski definition) is 1. The SMILES string of the molecule is Cc1ccc(C2COCC2N)cc1. The van der Waals surface area contributed by atoms with Gasteiger partial charge in [-0.2, -0.15) is 0 Å². The fourth-order valence-electron chi connectivity index (χ4n) is 1.73. The first-order valence-corrected chi connectivity index (χ1v) is 4.67. The van der Waals surface area contributed by atoms with Crippen LogP contribution in [0, 0.1) is 6.92 Å². The Kier molecular flexibility index (Phi) is 2.34. The number of benzene rings is 1. The summed E-state index contributed by atoms with van der Waals surface area (Å²) in [5.41, 5.74) is 8.51. The van der Waals surface area contributed by atoms with Crippen molar-refractivity contribution in [3.8, 4) is 0 Å². The third kappa shape index (κ3) is 1.74. The van der Waals surface area contributed by atoms with E-state index in [9.17, 15) is 0 Å². The first-order valence-electron chi connectivity index (χ1n) is 4.67. The van der Waals surface area contributed by atoms with E-state index < -0.39 is 0 Å². The van der Waals surface area contributed by atoms with Crippen LogP contribution in [0.25, 0.3) is 0 Å². The van der Waals surface area contributed by atoms with Gasteiger partial charge in [0.15, 0.2) is 0 Å². The van der Waals surface area contributed by atoms with Crippen molar-refractivity contribution in [1.82, 2.24) is 0 Å². The molecule has 0 amide bonds. The second-order valence-electron chi connectivity index (χ2n) is 3.72. The van der Waals surface area contributed by atoms with E-state index >= 15 is 0 Å². The maximum atomic E-state index is 5.92. The van der Waals surface area contributed by atoms with Crippen molar-refractivity contribution in [1.29, 1.82) is 0 Å². The minimum Gasteiger partial charge on any atom is -0.379 e. The van der Waals surface area contributed by atoms with Crippen LogP contribution in [-0.4, -0.2) is 19.3 Å². The van der Waals surface area contributed by atoms with E-state index in [0.717, 1.165) is 6.61 Å². The van der Waals surface area contributed by atoms with Crippen molar-refractivity contribution < 1.29 is 4.74 Å². The lowest BCUT2D eigenvalue weighted by Gasteiger charge is -2.13. The summed E-state index contributed by atoms with van der Waals surface area (Å²) in [6.45, 7) is 3.55. The zero-order valence-electron chi connectivity index (χ0n) is 7.86. The van der Waals surface area contributed by atoms with Gasteiger partial charge in [-0.05, 0) is 12.5 Å². The van der Waals surface area contributed by atoms with Crippen molar-refractivity contribution in [2.24, 2.45) is 5.73 Å². The molecule has 13 heavy (non-hydrogen) atoms. The average molecular weight is 177 g/mol. The summed E-state index contributed by atoms with van der Waals surface area (Å²) in [7, 11) is 0. The Hall–Kier alpha value is -0.860. The second kappa shape index (κ2) is 3.48. The molecule has 0 bridgehead atoms. The van der Waals surface area contributed by atoms with Gasteiger partial charge in [-0.25, -0.2) is 0 Å². The van der Waals surface area contributed by atoms with Gasteiger partial charge in [0.05, 0.1) is 13.2 Å². The molecule has 2 heteroatoms. The summed E-state index contributed by atoms with van der Waals surface area (Å²) in [6, 6.07) is 8.71. The highest BCUT2D eigenvalue weighted by molar-refractivity contribution is 5.26. The summed E-state index contributed by atoms with van der Waals surface area (Å²) in [6.07, 6.45) is 0. The monoisotopic (exact) mass is 177 g/mol. The van der Waals surface area contributed by atoms with Gasteiger partial charge < -0.3 is 10.5 Å². The molecule has 1 aliphatic heterocycles. The number of aryl methyl sites for hydroxylation is 1. The average Bonchev–Trinajstić information content (AvgIpc) is 2.53. The van der Waals surface area contributed by atoms with E-state index in [1.165, 1.54) is 11.1 Å². The van der Waals surface area contributed by atoms with Crippen LogP contribution in [0.1, 0.15) is 17.0 Å². The van der Waals surface area contributed by atoms with Crippen molar-refractivity contribution >= 4 is 0 Å². The Labute approximate surface area is 78.7 Å². The molecule has 0 spiro atoms. The predicted octanol–water partition coefficient (Wildman–Crippen LogP) is 1.44. The molecule has 0 saturated carbocycles. The van der Waals surface area contributed by atoms with Crippen LogP contribution >= 0.6 is 0 Å². The molecule has 70 valence electrons. The van der Waals surface area contributed by atoms with Crippen molar-refractivity contribution in [2.45, 2.75) is 18.9 Å². The maximum absolute atomic E-state index is 5.92. The Morgan fingerprint density at radius 2 is 1.92 bits per heavy atom. The standard InChI is InChI=1S/C11H15NO/c1-8-2-4-9(5-3-8)10-6-13-7-11(10)12/h2-5,10-11H,6-7,12H2,1H3. The van der Waals surface area contributed by atoms with E-state index in [4.69, 9.17) is 10.5 Å². The van der Waals surface area contributed by atoms with Gasteiger partial charge in [0.1, 0.15) is 0 Å². The van der Waals surface area contributed by atoms with Crippen LogP contribution in [0.3, 0.4) is 0 Å². The molecule has 2 N–H and O–H groups in total. The van der Waals surface area contributed by atoms with E-state index in [1.807, 2.05) is 0 Å². The van der Waals surface area contributed by atoms with Crippen molar-refractivity contribution in [3.05, 3.63) is 35.4 Å². The number of hydrogen-bond acceptors (Lipinski definition) is 2. The largest absolute Gasteiger partial charge is 0.379 e. The topological polar surface area (TPSA) is 35.2 Å². The van der Waals surface area contributed by atoms with Crippen LogP contribution in [0.4, 0.5) is 0 Å². The second-order valence-corrected chi connectivity index (χ2v) is 3.72. The molecule has 1 aliphatic rings. The zero-order chi connectivity index (χ0) is 9.26. The maximum Gasteiger partial charge on any atom is 0.0624 e. The lowest BCUT2D eigenvalue weighted by atomic mass is 9.94. The molecule has 1 heterocycles. The molecule has 2 atom stereocenters. The minimum absolute atomic E-state index is 0.169. The van der Waals surface area contributed by atoms with Gasteiger partial charge in [-0.3, -0.25) is 0 Å². The quantitative estimate of drug-likeness (QED) is 0.704.